The van der Waals surface area contributed by atoms with Crippen molar-refractivity contribution in [1.29, 1.82) is 0 Å². The van der Waals surface area contributed by atoms with Gasteiger partial charge >= 0.3 is 5.97 Å². The second kappa shape index (κ2) is 7.57. The quantitative estimate of drug-likeness (QED) is 0.831. The molecule has 7 heteroatoms. The zero-order valence-electron chi connectivity index (χ0n) is 14.4. The normalized spacial score (nSPS) is 16.8. The van der Waals surface area contributed by atoms with Crippen LogP contribution in [0.1, 0.15) is 34.6 Å². The molecule has 0 radical (unpaired) electrons. The second-order valence-electron chi connectivity index (χ2n) is 6.11. The Labute approximate surface area is 145 Å². The first kappa shape index (κ1) is 17.3. The van der Waals surface area contributed by atoms with E-state index in [1.165, 1.54) is 0 Å². The topological polar surface area (TPSA) is 90.4 Å². The zero-order valence-corrected chi connectivity index (χ0v) is 14.4. The Kier molecular flexibility index (Phi) is 5.23. The Balaban J connectivity index is 1.56. The lowest BCUT2D eigenvalue weighted by molar-refractivity contribution is -0.124. The van der Waals surface area contributed by atoms with Crippen LogP contribution in [-0.4, -0.2) is 47.7 Å². The third-order valence-corrected chi connectivity index (χ3v) is 4.20. The summed E-state index contributed by atoms with van der Waals surface area (Å²) in [6.45, 7) is 4.62. The summed E-state index contributed by atoms with van der Waals surface area (Å²) in [5.74, 6) is -0.898. The number of benzene rings is 1. The fourth-order valence-corrected chi connectivity index (χ4v) is 2.66. The van der Waals surface area contributed by atoms with Gasteiger partial charge in [0.05, 0.1) is 34.1 Å². The van der Waals surface area contributed by atoms with Crippen LogP contribution < -0.4 is 5.32 Å². The van der Waals surface area contributed by atoms with Gasteiger partial charge < -0.3 is 14.8 Å². The number of rotatable bonds is 5. The summed E-state index contributed by atoms with van der Waals surface area (Å²) in [5, 5.41) is 2.71. The lowest BCUT2D eigenvalue weighted by atomic mass is 10.2. The van der Waals surface area contributed by atoms with Crippen LogP contribution >= 0.6 is 0 Å². The molecule has 1 aliphatic heterocycles. The predicted octanol–water partition coefficient (Wildman–Crippen LogP) is 1.70. The first-order valence-corrected chi connectivity index (χ1v) is 8.33. The molecule has 132 valence electrons. The number of hydrogen-bond acceptors (Lipinski definition) is 6. The number of aryl methyl sites for hydroxylation is 2. The number of fused-ring (bicyclic) bond motifs is 1. The van der Waals surface area contributed by atoms with E-state index < -0.39 is 5.97 Å². The van der Waals surface area contributed by atoms with E-state index in [1.54, 1.807) is 18.2 Å². The Morgan fingerprint density at radius 1 is 1.24 bits per heavy atom. The first-order valence-electron chi connectivity index (χ1n) is 8.33. The molecule has 2 aromatic rings. The number of nitrogens with zero attached hydrogens (tertiary/aromatic N) is 2. The van der Waals surface area contributed by atoms with Gasteiger partial charge in [-0.15, -0.1) is 0 Å². The van der Waals surface area contributed by atoms with E-state index >= 15 is 0 Å². The highest BCUT2D eigenvalue weighted by molar-refractivity contribution is 5.94. The van der Waals surface area contributed by atoms with E-state index in [0.29, 0.717) is 23.1 Å². The Hall–Kier alpha value is -2.54. The summed E-state index contributed by atoms with van der Waals surface area (Å²) < 4.78 is 10.5. The highest BCUT2D eigenvalue weighted by Gasteiger charge is 2.17. The minimum absolute atomic E-state index is 0.0606. The lowest BCUT2D eigenvalue weighted by Crippen LogP contribution is -2.34. The zero-order chi connectivity index (χ0) is 17.8. The average molecular weight is 343 g/mol. The standard InChI is InChI=1S/C18H21N3O4/c1-11-12(2)21-16-8-13(5-6-15(16)20-11)18(23)25-10-17(22)19-9-14-4-3-7-24-14/h5-6,8,14H,3-4,7,9-10H2,1-2H3,(H,19,22)/t14-/m1/s1. The number of aromatic nitrogens is 2. The Morgan fingerprint density at radius 2 is 2.00 bits per heavy atom. The summed E-state index contributed by atoms with van der Waals surface area (Å²) >= 11 is 0. The molecule has 7 nitrogen and oxygen atoms in total. The van der Waals surface area contributed by atoms with Gasteiger partial charge in [-0.2, -0.15) is 0 Å². The molecule has 2 heterocycles. The van der Waals surface area contributed by atoms with Gasteiger partial charge in [-0.3, -0.25) is 4.79 Å². The molecule has 1 aromatic carbocycles. The first-order chi connectivity index (χ1) is 12.0. The van der Waals surface area contributed by atoms with Crippen LogP contribution in [0.15, 0.2) is 18.2 Å². The number of esters is 1. The summed E-state index contributed by atoms with van der Waals surface area (Å²) in [4.78, 5) is 32.7. The monoisotopic (exact) mass is 343 g/mol. The van der Waals surface area contributed by atoms with Crippen LogP contribution in [0, 0.1) is 13.8 Å². The minimum Gasteiger partial charge on any atom is -0.452 e. The molecule has 1 saturated heterocycles. The van der Waals surface area contributed by atoms with E-state index in [9.17, 15) is 9.59 Å². The molecule has 1 fully saturated rings. The molecule has 25 heavy (non-hydrogen) atoms. The fourth-order valence-electron chi connectivity index (χ4n) is 2.66. The van der Waals surface area contributed by atoms with Crippen LogP contribution in [0.25, 0.3) is 11.0 Å². The van der Waals surface area contributed by atoms with Gasteiger partial charge in [-0.25, -0.2) is 14.8 Å². The van der Waals surface area contributed by atoms with E-state index in [4.69, 9.17) is 9.47 Å². The third kappa shape index (κ3) is 4.30. The smallest absolute Gasteiger partial charge is 0.338 e. The van der Waals surface area contributed by atoms with Gasteiger partial charge in [0, 0.05) is 13.2 Å². The molecular formula is C18H21N3O4. The SMILES string of the molecule is Cc1nc2ccc(C(=O)OCC(=O)NC[C@H]3CCCO3)cc2nc1C. The number of ether oxygens (including phenoxy) is 2. The highest BCUT2D eigenvalue weighted by atomic mass is 16.5. The van der Waals surface area contributed by atoms with Gasteiger partial charge in [0.15, 0.2) is 6.61 Å². The van der Waals surface area contributed by atoms with Crippen molar-refractivity contribution in [2.24, 2.45) is 0 Å². The largest absolute Gasteiger partial charge is 0.452 e. The maximum atomic E-state index is 12.1. The number of nitrogens with one attached hydrogen (secondary N) is 1. The van der Waals surface area contributed by atoms with Crippen molar-refractivity contribution < 1.29 is 19.1 Å². The third-order valence-electron chi connectivity index (χ3n) is 4.20. The molecule has 1 aliphatic rings. The number of carbonyl (C=O) groups is 2. The lowest BCUT2D eigenvalue weighted by Gasteiger charge is -2.11. The second-order valence-corrected chi connectivity index (χ2v) is 6.11. The predicted molar refractivity (Wildman–Crippen MR) is 91.3 cm³/mol. The molecule has 1 amide bonds. The highest BCUT2D eigenvalue weighted by Crippen LogP contribution is 2.15. The average Bonchev–Trinajstić information content (AvgIpc) is 3.12. The van der Waals surface area contributed by atoms with Gasteiger partial charge in [0.1, 0.15) is 0 Å². The molecule has 1 aromatic heterocycles. The molecule has 0 aliphatic carbocycles. The maximum absolute atomic E-state index is 12.1. The molecule has 0 spiro atoms. The van der Waals surface area contributed by atoms with Crippen LogP contribution in [-0.2, 0) is 14.3 Å². The van der Waals surface area contributed by atoms with Crippen molar-refractivity contribution in [1.82, 2.24) is 15.3 Å². The molecule has 0 saturated carbocycles. The van der Waals surface area contributed by atoms with Gasteiger partial charge in [0.25, 0.3) is 5.91 Å². The van der Waals surface area contributed by atoms with Gasteiger partial charge in [-0.1, -0.05) is 0 Å². The van der Waals surface area contributed by atoms with Crippen molar-refractivity contribution in [2.75, 3.05) is 19.8 Å². The van der Waals surface area contributed by atoms with Crippen LogP contribution in [0.5, 0.6) is 0 Å². The molecule has 1 atom stereocenters. The van der Waals surface area contributed by atoms with E-state index in [2.05, 4.69) is 15.3 Å². The van der Waals surface area contributed by atoms with Crippen LogP contribution in [0.2, 0.25) is 0 Å². The Morgan fingerprint density at radius 3 is 2.72 bits per heavy atom. The molecule has 1 N–H and O–H groups in total. The van der Waals surface area contributed by atoms with Crippen molar-refractivity contribution in [3.8, 4) is 0 Å². The van der Waals surface area contributed by atoms with Gasteiger partial charge in [0.2, 0.25) is 0 Å². The Bertz CT molecular complexity index is 800. The summed E-state index contributed by atoms with van der Waals surface area (Å²) in [5.41, 5.74) is 3.35. The van der Waals surface area contributed by atoms with Crippen LogP contribution in [0.4, 0.5) is 0 Å². The summed E-state index contributed by atoms with van der Waals surface area (Å²) in [6.07, 6.45) is 2.02. The number of carbonyl (C=O) groups excluding carboxylic acids is 2. The fraction of sp³-hybridized carbons (Fsp3) is 0.444. The van der Waals surface area contributed by atoms with Crippen molar-refractivity contribution in [3.63, 3.8) is 0 Å². The van der Waals surface area contributed by atoms with E-state index in [0.717, 1.165) is 30.8 Å². The van der Waals surface area contributed by atoms with E-state index in [-0.39, 0.29) is 18.6 Å². The number of hydrogen-bond donors (Lipinski definition) is 1. The molecule has 0 unspecified atom stereocenters. The maximum Gasteiger partial charge on any atom is 0.338 e. The minimum atomic E-state index is -0.561. The molecule has 3 rings (SSSR count). The van der Waals surface area contributed by atoms with Crippen LogP contribution in [0.3, 0.4) is 0 Å². The van der Waals surface area contributed by atoms with E-state index in [1.807, 2.05) is 13.8 Å². The summed E-state index contributed by atoms with van der Waals surface area (Å²) in [6, 6.07) is 4.97. The van der Waals surface area contributed by atoms with Gasteiger partial charge in [-0.05, 0) is 44.9 Å². The van der Waals surface area contributed by atoms with Crippen molar-refractivity contribution >= 4 is 22.9 Å². The number of amides is 1. The molecular weight excluding hydrogens is 322 g/mol. The summed E-state index contributed by atoms with van der Waals surface area (Å²) in [7, 11) is 0. The molecule has 0 bridgehead atoms. The van der Waals surface area contributed by atoms with Crippen molar-refractivity contribution in [3.05, 3.63) is 35.2 Å². The van der Waals surface area contributed by atoms with Crippen molar-refractivity contribution in [2.45, 2.75) is 32.8 Å².